The van der Waals surface area contributed by atoms with Crippen molar-refractivity contribution in [2.45, 2.75) is 19.4 Å². The minimum atomic E-state index is -1.15. The molecule has 1 unspecified atom stereocenters. The standard InChI is InChI=1S/C15H12Cl2F2O/c1-8-4-14(19)10(7-13(8)18)15(20)6-9-2-3-11(16)12(17)5-9/h2-5,7,15,20H,6H2,1H3. The number of hydrogen-bond donors (Lipinski definition) is 1. The van der Waals surface area contributed by atoms with E-state index in [9.17, 15) is 13.9 Å². The zero-order valence-electron chi connectivity index (χ0n) is 10.6. The summed E-state index contributed by atoms with van der Waals surface area (Å²) in [5.41, 5.74) is 0.819. The summed E-state index contributed by atoms with van der Waals surface area (Å²) < 4.78 is 27.2. The Morgan fingerprint density at radius 1 is 1.05 bits per heavy atom. The van der Waals surface area contributed by atoms with Crippen LogP contribution in [0.1, 0.15) is 22.8 Å². The molecule has 20 heavy (non-hydrogen) atoms. The minimum Gasteiger partial charge on any atom is -0.388 e. The Morgan fingerprint density at radius 2 is 1.75 bits per heavy atom. The first-order valence-corrected chi connectivity index (χ1v) is 6.71. The number of benzene rings is 2. The highest BCUT2D eigenvalue weighted by atomic mass is 35.5. The van der Waals surface area contributed by atoms with Crippen LogP contribution in [-0.4, -0.2) is 5.11 Å². The van der Waals surface area contributed by atoms with Crippen LogP contribution in [0.15, 0.2) is 30.3 Å². The highest BCUT2D eigenvalue weighted by molar-refractivity contribution is 6.42. The van der Waals surface area contributed by atoms with Crippen LogP contribution in [0.4, 0.5) is 8.78 Å². The fraction of sp³-hybridized carbons (Fsp3) is 0.200. The van der Waals surface area contributed by atoms with Gasteiger partial charge in [-0.1, -0.05) is 29.3 Å². The molecule has 1 N–H and O–H groups in total. The zero-order valence-corrected chi connectivity index (χ0v) is 12.1. The molecule has 1 nitrogen and oxygen atoms in total. The van der Waals surface area contributed by atoms with Crippen molar-refractivity contribution in [1.82, 2.24) is 0 Å². The van der Waals surface area contributed by atoms with E-state index in [4.69, 9.17) is 23.2 Å². The lowest BCUT2D eigenvalue weighted by atomic mass is 9.99. The Balaban J connectivity index is 2.25. The Hall–Kier alpha value is -1.16. The van der Waals surface area contributed by atoms with E-state index < -0.39 is 17.7 Å². The van der Waals surface area contributed by atoms with E-state index in [1.807, 2.05) is 0 Å². The van der Waals surface area contributed by atoms with Crippen LogP contribution >= 0.6 is 23.2 Å². The second-order valence-electron chi connectivity index (χ2n) is 4.59. The van der Waals surface area contributed by atoms with Gasteiger partial charge in [-0.05, 0) is 42.3 Å². The molecule has 2 rings (SSSR count). The summed E-state index contributed by atoms with van der Waals surface area (Å²) in [4.78, 5) is 0. The van der Waals surface area contributed by atoms with Crippen molar-refractivity contribution in [3.63, 3.8) is 0 Å². The van der Waals surface area contributed by atoms with E-state index in [1.165, 1.54) is 6.92 Å². The van der Waals surface area contributed by atoms with Gasteiger partial charge in [0.25, 0.3) is 0 Å². The smallest absolute Gasteiger partial charge is 0.129 e. The lowest BCUT2D eigenvalue weighted by molar-refractivity contribution is 0.173. The molecular formula is C15H12Cl2F2O. The van der Waals surface area contributed by atoms with Crippen LogP contribution < -0.4 is 0 Å². The Bertz CT molecular complexity index is 644. The summed E-state index contributed by atoms with van der Waals surface area (Å²) in [6, 6.07) is 6.96. The molecule has 2 aromatic rings. The van der Waals surface area contributed by atoms with Crippen LogP contribution in [0.2, 0.25) is 10.0 Å². The maximum atomic E-state index is 13.8. The van der Waals surface area contributed by atoms with Crippen molar-refractivity contribution in [2.24, 2.45) is 0 Å². The van der Waals surface area contributed by atoms with Gasteiger partial charge in [0.05, 0.1) is 16.1 Å². The van der Waals surface area contributed by atoms with E-state index in [-0.39, 0.29) is 17.5 Å². The van der Waals surface area contributed by atoms with Gasteiger partial charge in [-0.2, -0.15) is 0 Å². The largest absolute Gasteiger partial charge is 0.388 e. The molecule has 0 bridgehead atoms. The Labute approximate surface area is 125 Å². The molecule has 0 aliphatic heterocycles. The number of halogens is 4. The third-order valence-electron chi connectivity index (χ3n) is 3.05. The monoisotopic (exact) mass is 316 g/mol. The Morgan fingerprint density at radius 3 is 2.40 bits per heavy atom. The summed E-state index contributed by atoms with van der Waals surface area (Å²) in [6.45, 7) is 1.47. The van der Waals surface area contributed by atoms with E-state index in [0.717, 1.165) is 12.1 Å². The maximum absolute atomic E-state index is 13.8. The molecule has 0 spiro atoms. The van der Waals surface area contributed by atoms with Crippen LogP contribution in [-0.2, 0) is 6.42 Å². The molecule has 0 saturated heterocycles. The third kappa shape index (κ3) is 3.29. The molecule has 0 heterocycles. The average molecular weight is 317 g/mol. The summed E-state index contributed by atoms with van der Waals surface area (Å²) >= 11 is 11.7. The molecule has 0 saturated carbocycles. The molecule has 106 valence electrons. The van der Waals surface area contributed by atoms with Crippen LogP contribution in [0.25, 0.3) is 0 Å². The Kier molecular flexibility index (Phi) is 4.63. The molecule has 0 amide bonds. The second kappa shape index (κ2) is 6.08. The normalized spacial score (nSPS) is 12.5. The lowest BCUT2D eigenvalue weighted by Crippen LogP contribution is -2.06. The first-order chi connectivity index (χ1) is 9.38. The van der Waals surface area contributed by atoms with Gasteiger partial charge >= 0.3 is 0 Å². The van der Waals surface area contributed by atoms with Gasteiger partial charge < -0.3 is 5.11 Å². The van der Waals surface area contributed by atoms with Crippen molar-refractivity contribution < 1.29 is 13.9 Å². The summed E-state index contributed by atoms with van der Waals surface area (Å²) in [7, 11) is 0. The molecule has 0 aromatic heterocycles. The van der Waals surface area contributed by atoms with Crippen molar-refractivity contribution >= 4 is 23.2 Å². The zero-order chi connectivity index (χ0) is 14.9. The van der Waals surface area contributed by atoms with Crippen molar-refractivity contribution in [3.8, 4) is 0 Å². The van der Waals surface area contributed by atoms with Gasteiger partial charge in [0.15, 0.2) is 0 Å². The molecule has 0 radical (unpaired) electrons. The van der Waals surface area contributed by atoms with Gasteiger partial charge in [0.2, 0.25) is 0 Å². The quantitative estimate of drug-likeness (QED) is 0.857. The van der Waals surface area contributed by atoms with E-state index in [0.29, 0.717) is 15.6 Å². The van der Waals surface area contributed by atoms with Gasteiger partial charge in [0.1, 0.15) is 11.6 Å². The fourth-order valence-electron chi connectivity index (χ4n) is 1.92. The van der Waals surface area contributed by atoms with Crippen LogP contribution in [0.5, 0.6) is 0 Å². The van der Waals surface area contributed by atoms with Crippen molar-refractivity contribution in [3.05, 3.63) is 68.7 Å². The van der Waals surface area contributed by atoms with Crippen LogP contribution in [0.3, 0.4) is 0 Å². The number of hydrogen-bond acceptors (Lipinski definition) is 1. The number of rotatable bonds is 3. The minimum absolute atomic E-state index is 0.0702. The molecule has 5 heteroatoms. The van der Waals surface area contributed by atoms with Gasteiger partial charge in [-0.15, -0.1) is 0 Å². The molecule has 2 aromatic carbocycles. The molecule has 0 aliphatic carbocycles. The summed E-state index contributed by atoms with van der Waals surface area (Å²) in [5, 5.41) is 10.8. The number of aryl methyl sites for hydroxylation is 1. The van der Waals surface area contributed by atoms with Crippen LogP contribution in [0, 0.1) is 18.6 Å². The first kappa shape index (κ1) is 15.2. The van der Waals surface area contributed by atoms with Crippen molar-refractivity contribution in [2.75, 3.05) is 0 Å². The highest BCUT2D eigenvalue weighted by Gasteiger charge is 2.16. The average Bonchev–Trinajstić information content (AvgIpc) is 2.38. The van der Waals surface area contributed by atoms with E-state index >= 15 is 0 Å². The molecular weight excluding hydrogens is 305 g/mol. The topological polar surface area (TPSA) is 20.2 Å². The highest BCUT2D eigenvalue weighted by Crippen LogP contribution is 2.27. The predicted molar refractivity (Wildman–Crippen MR) is 76.2 cm³/mol. The number of aliphatic hydroxyl groups is 1. The third-order valence-corrected chi connectivity index (χ3v) is 3.79. The molecule has 1 atom stereocenters. The lowest BCUT2D eigenvalue weighted by Gasteiger charge is -2.13. The van der Waals surface area contributed by atoms with E-state index in [1.54, 1.807) is 18.2 Å². The van der Waals surface area contributed by atoms with Crippen molar-refractivity contribution in [1.29, 1.82) is 0 Å². The maximum Gasteiger partial charge on any atom is 0.129 e. The SMILES string of the molecule is Cc1cc(F)c(C(O)Cc2ccc(Cl)c(Cl)c2)cc1F. The van der Waals surface area contributed by atoms with Gasteiger partial charge in [-0.3, -0.25) is 0 Å². The van der Waals surface area contributed by atoms with Gasteiger partial charge in [0, 0.05) is 12.0 Å². The predicted octanol–water partition coefficient (Wildman–Crippen LogP) is 4.86. The summed E-state index contributed by atoms with van der Waals surface area (Å²) in [6.07, 6.45) is -1.03. The summed E-state index contributed by atoms with van der Waals surface area (Å²) in [5.74, 6) is -1.17. The van der Waals surface area contributed by atoms with Gasteiger partial charge in [-0.25, -0.2) is 8.78 Å². The number of aliphatic hydroxyl groups excluding tert-OH is 1. The van der Waals surface area contributed by atoms with E-state index in [2.05, 4.69) is 0 Å². The first-order valence-electron chi connectivity index (χ1n) is 5.96. The second-order valence-corrected chi connectivity index (χ2v) is 5.41. The molecule has 0 fully saturated rings. The molecule has 0 aliphatic rings. The fourth-order valence-corrected chi connectivity index (χ4v) is 2.24.